The Morgan fingerprint density at radius 1 is 1.41 bits per heavy atom. The lowest BCUT2D eigenvalue weighted by Crippen LogP contribution is -2.34. The average molecular weight is 242 g/mol. The molecule has 0 spiro atoms. The molecule has 0 aromatic carbocycles. The van der Waals surface area contributed by atoms with Gasteiger partial charge in [-0.05, 0) is 52.2 Å². The van der Waals surface area contributed by atoms with Gasteiger partial charge < -0.3 is 15.0 Å². The van der Waals surface area contributed by atoms with Crippen LogP contribution < -0.4 is 5.32 Å². The Bertz CT molecular complexity index is 181. The summed E-state index contributed by atoms with van der Waals surface area (Å²) in [6.07, 6.45) is 6.28. The predicted octanol–water partition coefficient (Wildman–Crippen LogP) is 2.27. The second-order valence-electron chi connectivity index (χ2n) is 5.20. The second-order valence-corrected chi connectivity index (χ2v) is 5.20. The number of ether oxygens (including phenoxy) is 1. The van der Waals surface area contributed by atoms with Crippen molar-refractivity contribution in [3.63, 3.8) is 0 Å². The van der Waals surface area contributed by atoms with E-state index in [4.69, 9.17) is 4.74 Å². The van der Waals surface area contributed by atoms with Crippen LogP contribution in [0.3, 0.4) is 0 Å². The Morgan fingerprint density at radius 3 is 2.82 bits per heavy atom. The Kier molecular flexibility index (Phi) is 7.82. The first-order valence-electron chi connectivity index (χ1n) is 7.29. The highest BCUT2D eigenvalue weighted by atomic mass is 16.5. The summed E-state index contributed by atoms with van der Waals surface area (Å²) in [5.74, 6) is 0. The Labute approximate surface area is 107 Å². The Balaban J connectivity index is 2.07. The Morgan fingerprint density at radius 2 is 2.24 bits per heavy atom. The van der Waals surface area contributed by atoms with E-state index in [0.717, 1.165) is 19.8 Å². The molecular formula is C14H30N2O. The van der Waals surface area contributed by atoms with Crippen molar-refractivity contribution >= 4 is 0 Å². The van der Waals surface area contributed by atoms with Gasteiger partial charge in [0.15, 0.2) is 0 Å². The van der Waals surface area contributed by atoms with Gasteiger partial charge in [-0.2, -0.15) is 0 Å². The fraction of sp³-hybridized carbons (Fsp3) is 1.00. The standard InChI is InChI=1S/C14H30N2O/c1-4-9-15-13(5-2)7-6-10-16(3)14-8-11-17-12-14/h13-15H,4-12H2,1-3H3. The zero-order chi connectivity index (χ0) is 12.5. The highest BCUT2D eigenvalue weighted by Gasteiger charge is 2.19. The van der Waals surface area contributed by atoms with Gasteiger partial charge >= 0.3 is 0 Å². The van der Waals surface area contributed by atoms with Crippen molar-refractivity contribution in [1.29, 1.82) is 0 Å². The average Bonchev–Trinajstić information content (AvgIpc) is 2.87. The zero-order valence-corrected chi connectivity index (χ0v) is 11.9. The third-order valence-electron chi connectivity index (χ3n) is 3.77. The minimum Gasteiger partial charge on any atom is -0.380 e. The van der Waals surface area contributed by atoms with Gasteiger partial charge in [0.1, 0.15) is 0 Å². The molecule has 0 saturated carbocycles. The van der Waals surface area contributed by atoms with E-state index in [9.17, 15) is 0 Å². The van der Waals surface area contributed by atoms with Gasteiger partial charge in [0.05, 0.1) is 6.61 Å². The number of rotatable bonds is 9. The molecule has 1 N–H and O–H groups in total. The molecule has 102 valence electrons. The SMILES string of the molecule is CCCNC(CC)CCCN(C)C1CCOC1. The van der Waals surface area contributed by atoms with Gasteiger partial charge in [0, 0.05) is 18.7 Å². The summed E-state index contributed by atoms with van der Waals surface area (Å²) in [6.45, 7) is 8.75. The van der Waals surface area contributed by atoms with Crippen LogP contribution in [-0.4, -0.2) is 50.3 Å². The highest BCUT2D eigenvalue weighted by molar-refractivity contribution is 4.73. The van der Waals surface area contributed by atoms with Crippen molar-refractivity contribution in [2.45, 2.75) is 58.0 Å². The van der Waals surface area contributed by atoms with Crippen LogP contribution in [0, 0.1) is 0 Å². The first-order valence-corrected chi connectivity index (χ1v) is 7.29. The van der Waals surface area contributed by atoms with E-state index in [-0.39, 0.29) is 0 Å². The molecule has 1 fully saturated rings. The zero-order valence-electron chi connectivity index (χ0n) is 11.9. The van der Waals surface area contributed by atoms with Crippen molar-refractivity contribution in [3.8, 4) is 0 Å². The summed E-state index contributed by atoms with van der Waals surface area (Å²) >= 11 is 0. The molecule has 2 unspecified atom stereocenters. The fourth-order valence-electron chi connectivity index (χ4n) is 2.44. The van der Waals surface area contributed by atoms with Crippen LogP contribution in [0.5, 0.6) is 0 Å². The summed E-state index contributed by atoms with van der Waals surface area (Å²) in [5, 5.41) is 3.62. The third kappa shape index (κ3) is 5.84. The van der Waals surface area contributed by atoms with Gasteiger partial charge in [-0.25, -0.2) is 0 Å². The summed E-state index contributed by atoms with van der Waals surface area (Å²) in [6, 6.07) is 1.38. The molecule has 1 aliphatic rings. The molecule has 1 saturated heterocycles. The minimum atomic E-state index is 0.665. The Hall–Kier alpha value is -0.120. The maximum Gasteiger partial charge on any atom is 0.0622 e. The van der Waals surface area contributed by atoms with E-state index in [1.54, 1.807) is 0 Å². The molecule has 0 aromatic heterocycles. The van der Waals surface area contributed by atoms with Crippen LogP contribution in [0.25, 0.3) is 0 Å². The van der Waals surface area contributed by atoms with E-state index in [0.29, 0.717) is 12.1 Å². The van der Waals surface area contributed by atoms with Crippen molar-refractivity contribution < 1.29 is 4.74 Å². The lowest BCUT2D eigenvalue weighted by molar-refractivity contribution is 0.157. The van der Waals surface area contributed by atoms with Crippen molar-refractivity contribution in [1.82, 2.24) is 10.2 Å². The van der Waals surface area contributed by atoms with Crippen LogP contribution in [0.15, 0.2) is 0 Å². The van der Waals surface area contributed by atoms with Crippen LogP contribution >= 0.6 is 0 Å². The molecular weight excluding hydrogens is 212 g/mol. The molecule has 0 amide bonds. The number of nitrogens with zero attached hydrogens (tertiary/aromatic N) is 1. The summed E-state index contributed by atoms with van der Waals surface area (Å²) in [4.78, 5) is 2.47. The van der Waals surface area contributed by atoms with Crippen LogP contribution in [0.4, 0.5) is 0 Å². The molecule has 0 aliphatic carbocycles. The minimum absolute atomic E-state index is 0.665. The van der Waals surface area contributed by atoms with Gasteiger partial charge in [0.2, 0.25) is 0 Å². The molecule has 3 nitrogen and oxygen atoms in total. The van der Waals surface area contributed by atoms with E-state index < -0.39 is 0 Å². The molecule has 0 bridgehead atoms. The maximum atomic E-state index is 5.43. The molecule has 17 heavy (non-hydrogen) atoms. The first kappa shape index (κ1) is 14.9. The summed E-state index contributed by atoms with van der Waals surface area (Å²) in [7, 11) is 2.24. The quantitative estimate of drug-likeness (QED) is 0.671. The van der Waals surface area contributed by atoms with Crippen LogP contribution in [0.1, 0.15) is 46.0 Å². The van der Waals surface area contributed by atoms with Crippen molar-refractivity contribution in [2.75, 3.05) is 33.4 Å². The van der Waals surface area contributed by atoms with E-state index >= 15 is 0 Å². The molecule has 1 aliphatic heterocycles. The number of nitrogens with one attached hydrogen (secondary N) is 1. The first-order chi connectivity index (χ1) is 8.27. The molecule has 0 radical (unpaired) electrons. The maximum absolute atomic E-state index is 5.43. The number of hydrogen-bond acceptors (Lipinski definition) is 3. The molecule has 1 heterocycles. The molecule has 3 heteroatoms. The van der Waals surface area contributed by atoms with Gasteiger partial charge in [0.25, 0.3) is 0 Å². The fourth-order valence-corrected chi connectivity index (χ4v) is 2.44. The summed E-state index contributed by atoms with van der Waals surface area (Å²) in [5.41, 5.74) is 0. The van der Waals surface area contributed by atoms with Crippen molar-refractivity contribution in [3.05, 3.63) is 0 Å². The van der Waals surface area contributed by atoms with Crippen LogP contribution in [0.2, 0.25) is 0 Å². The van der Waals surface area contributed by atoms with Gasteiger partial charge in [-0.1, -0.05) is 13.8 Å². The van der Waals surface area contributed by atoms with Crippen molar-refractivity contribution in [2.24, 2.45) is 0 Å². The van der Waals surface area contributed by atoms with E-state index in [1.807, 2.05) is 0 Å². The van der Waals surface area contributed by atoms with Gasteiger partial charge in [-0.3, -0.25) is 0 Å². The normalized spacial score (nSPS) is 22.2. The third-order valence-corrected chi connectivity index (χ3v) is 3.77. The number of likely N-dealkylation sites (N-methyl/N-ethyl adjacent to an activating group) is 1. The lowest BCUT2D eigenvalue weighted by Gasteiger charge is -2.24. The number of hydrogen-bond donors (Lipinski definition) is 1. The van der Waals surface area contributed by atoms with E-state index in [1.165, 1.54) is 38.6 Å². The second kappa shape index (κ2) is 8.90. The molecule has 1 rings (SSSR count). The molecule has 2 atom stereocenters. The lowest BCUT2D eigenvalue weighted by atomic mass is 10.1. The highest BCUT2D eigenvalue weighted by Crippen LogP contribution is 2.12. The van der Waals surface area contributed by atoms with E-state index in [2.05, 4.69) is 31.1 Å². The summed E-state index contributed by atoms with van der Waals surface area (Å²) < 4.78 is 5.43. The monoisotopic (exact) mass is 242 g/mol. The van der Waals surface area contributed by atoms with Gasteiger partial charge in [-0.15, -0.1) is 0 Å². The predicted molar refractivity (Wildman–Crippen MR) is 73.5 cm³/mol. The largest absolute Gasteiger partial charge is 0.380 e. The topological polar surface area (TPSA) is 24.5 Å². The van der Waals surface area contributed by atoms with Crippen LogP contribution in [-0.2, 0) is 4.74 Å². The smallest absolute Gasteiger partial charge is 0.0622 e. The molecule has 0 aromatic rings.